The summed E-state index contributed by atoms with van der Waals surface area (Å²) in [6.07, 6.45) is 0.848. The first kappa shape index (κ1) is 24.1. The largest absolute Gasteiger partial charge is 0.365 e. The van der Waals surface area contributed by atoms with Crippen molar-refractivity contribution in [1.29, 1.82) is 0 Å². The molecule has 0 atom stereocenters. The van der Waals surface area contributed by atoms with Gasteiger partial charge >= 0.3 is 0 Å². The summed E-state index contributed by atoms with van der Waals surface area (Å²) in [4.78, 5) is 26.8. The van der Waals surface area contributed by atoms with Gasteiger partial charge in [-0.2, -0.15) is 0 Å². The molecule has 0 unspecified atom stereocenters. The first-order valence-corrected chi connectivity index (χ1v) is 12.8. The third-order valence-corrected chi connectivity index (χ3v) is 6.95. The summed E-state index contributed by atoms with van der Waals surface area (Å²) in [5.74, 6) is 1.39. The Kier molecular flexibility index (Phi) is 6.80. The molecule has 0 saturated heterocycles. The number of hydrogen-bond donors (Lipinski definition) is 1. The summed E-state index contributed by atoms with van der Waals surface area (Å²) in [6.45, 7) is 6.25. The lowest BCUT2D eigenvalue weighted by molar-refractivity contribution is 0.0973. The molecule has 3 aromatic heterocycles. The molecule has 0 aliphatic heterocycles. The molecule has 9 heteroatoms. The zero-order valence-corrected chi connectivity index (χ0v) is 21.7. The van der Waals surface area contributed by atoms with Crippen LogP contribution in [0.15, 0.2) is 52.4 Å². The summed E-state index contributed by atoms with van der Waals surface area (Å²) in [7, 11) is 0. The second-order valence-electron chi connectivity index (χ2n) is 8.59. The van der Waals surface area contributed by atoms with Crippen molar-refractivity contribution in [2.45, 2.75) is 40.2 Å². The minimum atomic E-state index is -0.122. The fraction of sp³-hybridized carbons (Fsp3) is 0.222. The normalized spacial score (nSPS) is 11.2. The number of Topliss-reactive ketones (excluding diaryl/α,β-unsaturated/α-hetero) is 1. The van der Waals surface area contributed by atoms with E-state index in [4.69, 9.17) is 16.1 Å². The highest BCUT2D eigenvalue weighted by molar-refractivity contribution is 7.09. The van der Waals surface area contributed by atoms with Gasteiger partial charge in [0.1, 0.15) is 11.6 Å². The van der Waals surface area contributed by atoms with Crippen molar-refractivity contribution in [2.75, 3.05) is 5.32 Å². The number of fused-ring (bicyclic) bond motifs is 1. The lowest BCUT2D eigenvalue weighted by Crippen LogP contribution is -2.11. The number of nitrogens with zero attached hydrogens (tertiary/aromatic N) is 4. The lowest BCUT2D eigenvalue weighted by Gasteiger charge is -2.12. The molecule has 7 nitrogen and oxygen atoms in total. The Morgan fingerprint density at radius 2 is 1.94 bits per heavy atom. The Morgan fingerprint density at radius 1 is 1.08 bits per heavy atom. The summed E-state index contributed by atoms with van der Waals surface area (Å²) in [6, 6.07) is 13.5. The van der Waals surface area contributed by atoms with E-state index in [0.29, 0.717) is 35.7 Å². The topological polar surface area (TPSA) is 93.8 Å². The number of aryl methyl sites for hydroxylation is 4. The van der Waals surface area contributed by atoms with E-state index in [0.717, 1.165) is 44.2 Å². The minimum Gasteiger partial charge on any atom is -0.365 e. The number of benzene rings is 2. The molecule has 0 amide bonds. The van der Waals surface area contributed by atoms with E-state index in [1.807, 2.05) is 68.6 Å². The van der Waals surface area contributed by atoms with Crippen molar-refractivity contribution in [1.82, 2.24) is 20.1 Å². The van der Waals surface area contributed by atoms with Crippen molar-refractivity contribution < 1.29 is 9.32 Å². The van der Waals surface area contributed by atoms with Gasteiger partial charge in [0.2, 0.25) is 5.78 Å². The Hall–Kier alpha value is -3.62. The Bertz CT molecular complexity index is 1560. The fourth-order valence-corrected chi connectivity index (χ4v) is 5.01. The van der Waals surface area contributed by atoms with Crippen LogP contribution in [0.1, 0.15) is 44.8 Å². The molecule has 36 heavy (non-hydrogen) atoms. The highest BCUT2D eigenvalue weighted by Gasteiger charge is 2.18. The SMILES string of the molecule is Cc1nc(CCC(=O)c2nc(NCc3cccc(Cl)c3)c3cc(-c4c(C)noc4C)ccc3n2)cs1. The van der Waals surface area contributed by atoms with Gasteiger partial charge in [-0.25, -0.2) is 15.0 Å². The Morgan fingerprint density at radius 3 is 2.67 bits per heavy atom. The zero-order chi connectivity index (χ0) is 25.2. The van der Waals surface area contributed by atoms with Gasteiger partial charge in [-0.1, -0.05) is 35.0 Å². The van der Waals surface area contributed by atoms with Crippen molar-refractivity contribution >= 4 is 45.4 Å². The van der Waals surface area contributed by atoms with E-state index in [1.165, 1.54) is 0 Å². The third-order valence-electron chi connectivity index (χ3n) is 5.89. The molecule has 5 aromatic rings. The van der Waals surface area contributed by atoms with Gasteiger partial charge in [-0.3, -0.25) is 4.79 Å². The summed E-state index contributed by atoms with van der Waals surface area (Å²) in [5.41, 5.74) is 5.30. The van der Waals surface area contributed by atoms with Crippen molar-refractivity contribution in [3.63, 3.8) is 0 Å². The number of nitrogens with one attached hydrogen (secondary N) is 1. The average Bonchev–Trinajstić information content (AvgIpc) is 3.44. The van der Waals surface area contributed by atoms with Crippen molar-refractivity contribution in [3.8, 4) is 11.1 Å². The molecule has 0 aliphatic carbocycles. The number of thiazole rings is 1. The first-order chi connectivity index (χ1) is 17.4. The molecule has 3 heterocycles. The maximum atomic E-state index is 13.1. The highest BCUT2D eigenvalue weighted by Crippen LogP contribution is 2.32. The van der Waals surface area contributed by atoms with Gasteiger partial charge in [-0.15, -0.1) is 11.3 Å². The van der Waals surface area contributed by atoms with Gasteiger partial charge in [-0.05, 0) is 62.6 Å². The van der Waals surface area contributed by atoms with Crippen molar-refractivity contribution in [3.05, 3.63) is 86.4 Å². The number of rotatable bonds is 8. The molecule has 0 fully saturated rings. The van der Waals surface area contributed by atoms with Gasteiger partial charge in [0.25, 0.3) is 0 Å². The van der Waals surface area contributed by atoms with Gasteiger partial charge in [0.05, 0.1) is 21.9 Å². The molecular weight excluding hydrogens is 494 g/mol. The van der Waals surface area contributed by atoms with Crippen LogP contribution in [-0.2, 0) is 13.0 Å². The van der Waals surface area contributed by atoms with Crippen LogP contribution in [0.25, 0.3) is 22.0 Å². The molecule has 2 aromatic carbocycles. The number of carbonyl (C=O) groups is 1. The minimum absolute atomic E-state index is 0.122. The standard InChI is InChI=1S/C27H24ClN5O2S/c1-15-25(16(2)35-33-15)19-7-9-23-22(12-19)26(29-13-18-5-4-6-20(28)11-18)32-27(31-23)24(34)10-8-21-14-36-17(3)30-21/h4-7,9,11-12,14H,8,10,13H2,1-3H3,(H,29,31,32). The quantitative estimate of drug-likeness (QED) is 0.227. The van der Waals surface area contributed by atoms with Gasteiger partial charge < -0.3 is 9.84 Å². The van der Waals surface area contributed by atoms with Crippen LogP contribution in [-0.4, -0.2) is 25.9 Å². The fourth-order valence-electron chi connectivity index (χ4n) is 4.15. The van der Waals surface area contributed by atoms with E-state index in [2.05, 4.69) is 25.4 Å². The molecule has 1 N–H and O–H groups in total. The second kappa shape index (κ2) is 10.2. The maximum absolute atomic E-state index is 13.1. The van der Waals surface area contributed by atoms with E-state index in [1.54, 1.807) is 11.3 Å². The number of anilines is 1. The average molecular weight is 518 g/mol. The van der Waals surface area contributed by atoms with Crippen molar-refractivity contribution in [2.24, 2.45) is 0 Å². The molecule has 0 radical (unpaired) electrons. The molecule has 5 rings (SSSR count). The van der Waals surface area contributed by atoms with Gasteiger partial charge in [0, 0.05) is 34.3 Å². The molecule has 0 saturated carbocycles. The van der Waals surface area contributed by atoms with Gasteiger partial charge in [0.15, 0.2) is 5.82 Å². The van der Waals surface area contributed by atoms with Crippen LogP contribution in [0.3, 0.4) is 0 Å². The molecule has 0 spiro atoms. The van der Waals surface area contributed by atoms with Crippen LogP contribution in [0.4, 0.5) is 5.82 Å². The number of carbonyl (C=O) groups excluding carboxylic acids is 1. The van der Waals surface area contributed by atoms with E-state index in [-0.39, 0.29) is 11.6 Å². The van der Waals surface area contributed by atoms with Crippen LogP contribution in [0.2, 0.25) is 5.02 Å². The summed E-state index contributed by atoms with van der Waals surface area (Å²) in [5, 5.41) is 11.9. The zero-order valence-electron chi connectivity index (χ0n) is 20.1. The number of halogens is 1. The maximum Gasteiger partial charge on any atom is 0.200 e. The lowest BCUT2D eigenvalue weighted by atomic mass is 10.0. The van der Waals surface area contributed by atoms with E-state index < -0.39 is 0 Å². The first-order valence-electron chi connectivity index (χ1n) is 11.5. The smallest absolute Gasteiger partial charge is 0.200 e. The van der Waals surface area contributed by atoms with Crippen LogP contribution >= 0.6 is 22.9 Å². The second-order valence-corrected chi connectivity index (χ2v) is 10.1. The summed E-state index contributed by atoms with van der Waals surface area (Å²) >= 11 is 7.74. The number of aromatic nitrogens is 4. The van der Waals surface area contributed by atoms with E-state index in [9.17, 15) is 4.79 Å². The van der Waals surface area contributed by atoms with Crippen LogP contribution in [0.5, 0.6) is 0 Å². The summed E-state index contributed by atoms with van der Waals surface area (Å²) < 4.78 is 5.37. The monoisotopic (exact) mass is 517 g/mol. The highest BCUT2D eigenvalue weighted by atomic mass is 35.5. The van der Waals surface area contributed by atoms with Crippen LogP contribution in [0, 0.1) is 20.8 Å². The third kappa shape index (κ3) is 5.15. The predicted octanol–water partition coefficient (Wildman–Crippen LogP) is 6.75. The Labute approximate surface area is 217 Å². The Balaban J connectivity index is 1.51. The molecule has 182 valence electrons. The van der Waals surface area contributed by atoms with Crippen LogP contribution < -0.4 is 5.32 Å². The van der Waals surface area contributed by atoms with E-state index >= 15 is 0 Å². The molecule has 0 bridgehead atoms. The molecule has 0 aliphatic rings. The number of ketones is 1. The number of hydrogen-bond acceptors (Lipinski definition) is 8. The predicted molar refractivity (Wildman–Crippen MR) is 143 cm³/mol. The molecular formula is C27H24ClN5O2S.